The summed E-state index contributed by atoms with van der Waals surface area (Å²) in [5, 5.41) is 2.97. The quantitative estimate of drug-likeness (QED) is 0.515. The number of hydrogen-bond acceptors (Lipinski definition) is 4. The van der Waals surface area contributed by atoms with Gasteiger partial charge in [-0.2, -0.15) is 4.72 Å². The van der Waals surface area contributed by atoms with Crippen molar-refractivity contribution < 1.29 is 17.9 Å². The molecule has 0 aliphatic rings. The molecule has 32 heavy (non-hydrogen) atoms. The van der Waals surface area contributed by atoms with Crippen molar-refractivity contribution in [3.8, 4) is 5.75 Å². The van der Waals surface area contributed by atoms with Crippen LogP contribution in [0.4, 0.5) is 0 Å². The van der Waals surface area contributed by atoms with E-state index in [-0.39, 0.29) is 4.90 Å². The third-order valence-electron chi connectivity index (χ3n) is 5.03. The Morgan fingerprint density at radius 2 is 1.50 bits per heavy atom. The van der Waals surface area contributed by atoms with Crippen molar-refractivity contribution in [2.24, 2.45) is 0 Å². The van der Waals surface area contributed by atoms with Crippen LogP contribution in [0.5, 0.6) is 5.75 Å². The van der Waals surface area contributed by atoms with Crippen LogP contribution < -0.4 is 14.8 Å². The maximum Gasteiger partial charge on any atom is 0.241 e. The monoisotopic (exact) mass is 452 g/mol. The molecule has 3 rings (SSSR count). The molecule has 0 saturated carbocycles. The highest BCUT2D eigenvalue weighted by atomic mass is 32.2. The third-order valence-corrected chi connectivity index (χ3v) is 6.57. The van der Waals surface area contributed by atoms with Crippen LogP contribution in [-0.4, -0.2) is 27.0 Å². The summed E-state index contributed by atoms with van der Waals surface area (Å²) in [6.45, 7) is 5.67. The van der Waals surface area contributed by atoms with E-state index in [1.165, 1.54) is 19.1 Å². The molecule has 0 spiro atoms. The Balaban J connectivity index is 1.77. The molecule has 0 radical (unpaired) electrons. The van der Waals surface area contributed by atoms with Gasteiger partial charge in [-0.3, -0.25) is 4.79 Å². The minimum atomic E-state index is -3.89. The molecule has 3 aromatic rings. The average molecular weight is 453 g/mol. The van der Waals surface area contributed by atoms with Gasteiger partial charge in [0.1, 0.15) is 5.75 Å². The van der Waals surface area contributed by atoms with E-state index < -0.39 is 28.0 Å². The number of sulfonamides is 1. The average Bonchev–Trinajstić information content (AvgIpc) is 2.79. The molecule has 0 bridgehead atoms. The standard InChI is InChI=1S/C25H28N2O4S/c1-4-31-23-16-15-22(17-18(23)2)32(29,30)27-19(3)25(28)26-24(20-11-7-5-8-12-20)21-13-9-6-10-14-21/h5-17,19,24,27H,4H2,1-3H3,(H,26,28)/t19-/m1/s1. The summed E-state index contributed by atoms with van der Waals surface area (Å²) in [5.74, 6) is 0.208. The van der Waals surface area contributed by atoms with Crippen molar-refractivity contribution in [2.45, 2.75) is 37.8 Å². The second-order valence-electron chi connectivity index (χ2n) is 7.47. The third kappa shape index (κ3) is 5.75. The number of carbonyl (C=O) groups is 1. The predicted molar refractivity (Wildman–Crippen MR) is 125 cm³/mol. The number of rotatable bonds is 9. The van der Waals surface area contributed by atoms with Crippen LogP contribution in [0.3, 0.4) is 0 Å². The lowest BCUT2D eigenvalue weighted by Gasteiger charge is -2.22. The summed E-state index contributed by atoms with van der Waals surface area (Å²) in [6.07, 6.45) is 0. The second kappa shape index (κ2) is 10.4. The fourth-order valence-electron chi connectivity index (χ4n) is 3.38. The van der Waals surface area contributed by atoms with Gasteiger partial charge in [0, 0.05) is 0 Å². The fourth-order valence-corrected chi connectivity index (χ4v) is 4.67. The lowest BCUT2D eigenvalue weighted by atomic mass is 9.98. The highest BCUT2D eigenvalue weighted by Crippen LogP contribution is 2.23. The maximum absolute atomic E-state index is 13.0. The first kappa shape index (κ1) is 23.5. The van der Waals surface area contributed by atoms with Crippen molar-refractivity contribution >= 4 is 15.9 Å². The first-order valence-electron chi connectivity index (χ1n) is 10.5. The topological polar surface area (TPSA) is 84.5 Å². The van der Waals surface area contributed by atoms with Crippen molar-refractivity contribution in [1.82, 2.24) is 10.0 Å². The fraction of sp³-hybridized carbons (Fsp3) is 0.240. The molecule has 168 valence electrons. The predicted octanol–water partition coefficient (Wildman–Crippen LogP) is 3.97. The maximum atomic E-state index is 13.0. The van der Waals surface area contributed by atoms with E-state index in [1.54, 1.807) is 13.0 Å². The molecular formula is C25H28N2O4S. The summed E-state index contributed by atoms with van der Waals surface area (Å²) in [4.78, 5) is 13.0. The van der Waals surface area contributed by atoms with Crippen LogP contribution in [0.1, 0.15) is 36.6 Å². The molecule has 6 nitrogen and oxygen atoms in total. The highest BCUT2D eigenvalue weighted by Gasteiger charge is 2.25. The van der Waals surface area contributed by atoms with Gasteiger partial charge in [-0.25, -0.2) is 8.42 Å². The molecule has 0 unspecified atom stereocenters. The highest BCUT2D eigenvalue weighted by molar-refractivity contribution is 7.89. The molecule has 1 atom stereocenters. The van der Waals surface area contributed by atoms with E-state index in [0.29, 0.717) is 17.9 Å². The van der Waals surface area contributed by atoms with Crippen LogP contribution >= 0.6 is 0 Å². The zero-order chi connectivity index (χ0) is 23.1. The number of amides is 1. The summed E-state index contributed by atoms with van der Waals surface area (Å²) in [5.41, 5.74) is 2.52. The number of nitrogens with one attached hydrogen (secondary N) is 2. The van der Waals surface area contributed by atoms with Gasteiger partial charge in [0.25, 0.3) is 0 Å². The van der Waals surface area contributed by atoms with E-state index in [0.717, 1.165) is 11.1 Å². The van der Waals surface area contributed by atoms with Gasteiger partial charge in [-0.1, -0.05) is 60.7 Å². The zero-order valence-electron chi connectivity index (χ0n) is 18.4. The van der Waals surface area contributed by atoms with Gasteiger partial charge in [0.15, 0.2) is 0 Å². The Labute approximate surface area is 189 Å². The van der Waals surface area contributed by atoms with Crippen LogP contribution in [0.15, 0.2) is 83.8 Å². The van der Waals surface area contributed by atoms with Gasteiger partial charge in [0.2, 0.25) is 15.9 Å². The summed E-state index contributed by atoms with van der Waals surface area (Å²) < 4.78 is 33.7. The number of ether oxygens (including phenoxy) is 1. The molecule has 2 N–H and O–H groups in total. The normalized spacial score (nSPS) is 12.4. The summed E-state index contributed by atoms with van der Waals surface area (Å²) in [6, 6.07) is 22.4. The minimum absolute atomic E-state index is 0.0840. The largest absolute Gasteiger partial charge is 0.494 e. The van der Waals surface area contributed by atoms with Gasteiger partial charge in [-0.05, 0) is 55.7 Å². The first-order chi connectivity index (χ1) is 15.3. The molecule has 0 fully saturated rings. The summed E-state index contributed by atoms with van der Waals surface area (Å²) in [7, 11) is -3.89. The molecular weight excluding hydrogens is 424 g/mol. The lowest BCUT2D eigenvalue weighted by Crippen LogP contribution is -2.46. The van der Waals surface area contributed by atoms with Gasteiger partial charge >= 0.3 is 0 Å². The molecule has 0 heterocycles. The Kier molecular flexibility index (Phi) is 7.66. The van der Waals surface area contributed by atoms with Crippen LogP contribution in [0.2, 0.25) is 0 Å². The van der Waals surface area contributed by atoms with Crippen LogP contribution in [0, 0.1) is 6.92 Å². The zero-order valence-corrected chi connectivity index (χ0v) is 19.2. The van der Waals surface area contributed by atoms with Gasteiger partial charge < -0.3 is 10.1 Å². The smallest absolute Gasteiger partial charge is 0.241 e. The molecule has 0 saturated heterocycles. The van der Waals surface area contributed by atoms with Crippen LogP contribution in [-0.2, 0) is 14.8 Å². The number of aryl methyl sites for hydroxylation is 1. The van der Waals surface area contributed by atoms with Gasteiger partial charge in [-0.15, -0.1) is 0 Å². The van der Waals surface area contributed by atoms with Crippen molar-refractivity contribution in [3.63, 3.8) is 0 Å². The second-order valence-corrected chi connectivity index (χ2v) is 9.18. The number of carbonyl (C=O) groups excluding carboxylic acids is 1. The first-order valence-corrected chi connectivity index (χ1v) is 12.0. The number of benzene rings is 3. The van der Waals surface area contributed by atoms with Crippen molar-refractivity contribution in [1.29, 1.82) is 0 Å². The Bertz CT molecular complexity index is 1110. The Hall–Kier alpha value is -3.16. The minimum Gasteiger partial charge on any atom is -0.494 e. The molecule has 3 aromatic carbocycles. The Morgan fingerprint density at radius 1 is 0.938 bits per heavy atom. The van der Waals surface area contributed by atoms with Gasteiger partial charge in [0.05, 0.1) is 23.6 Å². The SMILES string of the molecule is CCOc1ccc(S(=O)(=O)N[C@H](C)C(=O)NC(c2ccccc2)c2ccccc2)cc1C. The van der Waals surface area contributed by atoms with Crippen molar-refractivity contribution in [2.75, 3.05) is 6.61 Å². The van der Waals surface area contributed by atoms with E-state index in [4.69, 9.17) is 4.74 Å². The van der Waals surface area contributed by atoms with E-state index >= 15 is 0 Å². The molecule has 0 aromatic heterocycles. The molecule has 7 heteroatoms. The number of hydrogen-bond donors (Lipinski definition) is 2. The molecule has 0 aliphatic carbocycles. The Morgan fingerprint density at radius 3 is 2.00 bits per heavy atom. The molecule has 1 amide bonds. The van der Waals surface area contributed by atoms with E-state index in [9.17, 15) is 13.2 Å². The lowest BCUT2D eigenvalue weighted by molar-refractivity contribution is -0.122. The van der Waals surface area contributed by atoms with Crippen molar-refractivity contribution in [3.05, 3.63) is 95.6 Å². The van der Waals surface area contributed by atoms with Crippen LogP contribution in [0.25, 0.3) is 0 Å². The van der Waals surface area contributed by atoms with E-state index in [2.05, 4.69) is 10.0 Å². The molecule has 0 aliphatic heterocycles. The van der Waals surface area contributed by atoms with E-state index in [1.807, 2.05) is 67.6 Å². The summed E-state index contributed by atoms with van der Waals surface area (Å²) >= 11 is 0.